The topological polar surface area (TPSA) is 46.4 Å². The van der Waals surface area contributed by atoms with Crippen molar-refractivity contribution >= 4 is 27.5 Å². The molecule has 0 aliphatic heterocycles. The molecule has 0 unspecified atom stereocenters. The molecular formula is C42H56N2O2Si2. The van der Waals surface area contributed by atoms with Crippen LogP contribution in [0.5, 0.6) is 0 Å². The molecule has 0 atom stereocenters. The zero-order valence-corrected chi connectivity index (χ0v) is 33.8. The highest BCUT2D eigenvalue weighted by Gasteiger charge is 2.43. The summed E-state index contributed by atoms with van der Waals surface area (Å²) in [6.07, 6.45) is 0. The molecule has 0 spiro atoms. The minimum atomic E-state index is -2.10. The van der Waals surface area contributed by atoms with Gasteiger partial charge in [0.15, 0.2) is 0 Å². The Balaban J connectivity index is 3.10. The molecule has 48 heavy (non-hydrogen) atoms. The van der Waals surface area contributed by atoms with E-state index in [1.807, 2.05) is 26.2 Å². The van der Waals surface area contributed by atoms with Gasteiger partial charge in [-0.1, -0.05) is 119 Å². The molecule has 0 fully saturated rings. The minimum Gasteiger partial charge on any atom is -0.378 e. The Kier molecular flexibility index (Phi) is 14.6. The van der Waals surface area contributed by atoms with Crippen molar-refractivity contribution in [1.82, 2.24) is 0 Å². The summed E-state index contributed by atoms with van der Waals surface area (Å²) in [5.74, 6) is 20.6. The lowest BCUT2D eigenvalue weighted by Gasteiger charge is -2.38. The smallest absolute Gasteiger partial charge is 0.269 e. The second kappa shape index (κ2) is 17.5. The summed E-state index contributed by atoms with van der Waals surface area (Å²) >= 11 is 0. The van der Waals surface area contributed by atoms with Crippen molar-refractivity contribution in [2.24, 2.45) is 0 Å². The number of nitrogens with zero attached hydrogens (tertiary/aromatic N) is 2. The molecule has 4 nitrogen and oxygen atoms in total. The highest BCUT2D eigenvalue weighted by atomic mass is 28.3. The van der Waals surface area contributed by atoms with E-state index in [-0.39, 0.29) is 5.69 Å². The highest BCUT2D eigenvalue weighted by Crippen LogP contribution is 2.42. The summed E-state index contributed by atoms with van der Waals surface area (Å²) < 4.78 is 0. The number of nitro benzene ring substituents is 1. The molecular weight excluding hydrogens is 621 g/mol. The average molecular weight is 677 g/mol. The molecule has 0 aliphatic carbocycles. The van der Waals surface area contributed by atoms with E-state index in [0.717, 1.165) is 11.3 Å². The fourth-order valence-corrected chi connectivity index (χ4v) is 17.7. The number of non-ortho nitro benzene ring substituents is 1. The maximum atomic E-state index is 11.3. The first-order valence-corrected chi connectivity index (χ1v) is 21.7. The molecule has 0 N–H and O–H groups in total. The molecule has 254 valence electrons. The van der Waals surface area contributed by atoms with Crippen molar-refractivity contribution < 1.29 is 4.92 Å². The van der Waals surface area contributed by atoms with Crippen molar-refractivity contribution in [3.8, 4) is 46.6 Å². The summed E-state index contributed by atoms with van der Waals surface area (Å²) in [7, 11) is -0.169. The number of anilines is 1. The minimum absolute atomic E-state index is 0.0319. The van der Waals surface area contributed by atoms with Crippen LogP contribution in [0.15, 0.2) is 59.7 Å². The number of hydrogen-bond donors (Lipinski definition) is 0. The van der Waals surface area contributed by atoms with Gasteiger partial charge in [0, 0.05) is 43.0 Å². The van der Waals surface area contributed by atoms with Gasteiger partial charge < -0.3 is 4.90 Å². The van der Waals surface area contributed by atoms with Gasteiger partial charge >= 0.3 is 0 Å². The van der Waals surface area contributed by atoms with Crippen LogP contribution in [0.25, 0.3) is 0 Å². The second-order valence-corrected chi connectivity index (χ2v) is 25.9. The highest BCUT2D eigenvalue weighted by molar-refractivity contribution is 6.91. The summed E-state index contributed by atoms with van der Waals surface area (Å²) in [4.78, 5) is 12.9. The normalized spacial score (nSPS) is 11.3. The molecule has 2 aromatic carbocycles. The maximum Gasteiger partial charge on any atom is 0.269 e. The van der Waals surface area contributed by atoms with Crippen molar-refractivity contribution in [2.75, 3.05) is 19.0 Å². The Labute approximate surface area is 294 Å². The summed E-state index contributed by atoms with van der Waals surface area (Å²) in [6, 6.07) is 14.5. The molecule has 0 radical (unpaired) electrons. The van der Waals surface area contributed by atoms with Crippen molar-refractivity contribution in [3.05, 3.63) is 80.9 Å². The lowest BCUT2D eigenvalue weighted by molar-refractivity contribution is -0.384. The number of nitro groups is 1. The molecule has 2 aromatic rings. The van der Waals surface area contributed by atoms with Crippen LogP contribution in [0.3, 0.4) is 0 Å². The summed E-state index contributed by atoms with van der Waals surface area (Å²) in [5.41, 5.74) is 14.5. The first kappa shape index (κ1) is 40.2. The largest absolute Gasteiger partial charge is 0.378 e. The zero-order valence-electron chi connectivity index (χ0n) is 31.8. The van der Waals surface area contributed by atoms with Crippen LogP contribution in [0, 0.1) is 56.7 Å². The van der Waals surface area contributed by atoms with Gasteiger partial charge in [-0.05, 0) is 69.6 Å². The van der Waals surface area contributed by atoms with Crippen LogP contribution in [0.1, 0.15) is 94.2 Å². The number of allylic oxidation sites excluding steroid dienone is 2. The lowest BCUT2D eigenvalue weighted by Crippen LogP contribution is -2.43. The van der Waals surface area contributed by atoms with Gasteiger partial charge in [0.1, 0.15) is 16.1 Å². The molecule has 0 heterocycles. The van der Waals surface area contributed by atoms with Crippen LogP contribution in [-0.2, 0) is 0 Å². The van der Waals surface area contributed by atoms with Crippen LogP contribution >= 0.6 is 0 Å². The van der Waals surface area contributed by atoms with E-state index in [2.05, 4.69) is 147 Å². The second-order valence-electron chi connectivity index (χ2n) is 14.8. The van der Waals surface area contributed by atoms with Gasteiger partial charge in [0.25, 0.3) is 5.69 Å². The zero-order chi connectivity index (χ0) is 36.4. The van der Waals surface area contributed by atoms with Gasteiger partial charge in [0.2, 0.25) is 0 Å². The molecule has 6 heteroatoms. The van der Waals surface area contributed by atoms with Crippen molar-refractivity contribution in [3.63, 3.8) is 0 Å². The van der Waals surface area contributed by atoms with E-state index in [1.165, 1.54) is 12.1 Å². The van der Waals surface area contributed by atoms with E-state index in [1.54, 1.807) is 12.1 Å². The van der Waals surface area contributed by atoms with Crippen LogP contribution in [0.2, 0.25) is 33.2 Å². The third kappa shape index (κ3) is 9.57. The fraction of sp³-hybridized carbons (Fsp3) is 0.476. The maximum absolute atomic E-state index is 11.3. The van der Waals surface area contributed by atoms with Crippen LogP contribution in [0.4, 0.5) is 11.4 Å². The van der Waals surface area contributed by atoms with Gasteiger partial charge in [-0.2, -0.15) is 0 Å². The van der Waals surface area contributed by atoms with Crippen molar-refractivity contribution in [2.45, 2.75) is 116 Å². The number of rotatable bonds is 8. The Hall–Kier alpha value is -3.95. The third-order valence-corrected chi connectivity index (χ3v) is 22.5. The predicted octanol–water partition coefficient (Wildman–Crippen LogP) is 10.8. The van der Waals surface area contributed by atoms with Gasteiger partial charge in [-0.3, -0.25) is 10.1 Å². The molecule has 0 saturated heterocycles. The summed E-state index contributed by atoms with van der Waals surface area (Å²) in [6.45, 7) is 27.8. The number of benzene rings is 2. The standard InChI is InChI=1S/C42H56N2O2Si2/c1-31(2)47(32(3)4,33(5)6)29-27-40(28-30-48(34(7)8,35(9)10)36(11)12)39(21-15-37-17-23-41(24-18-37)43(13)14)22-16-38-19-25-42(26-20-38)44(45)46/h17-20,23-26,31-36H,1-14H3. The molecule has 0 bridgehead atoms. The van der Waals surface area contributed by atoms with E-state index >= 15 is 0 Å². The molecule has 0 aromatic heterocycles. The Morgan fingerprint density at radius 1 is 0.562 bits per heavy atom. The van der Waals surface area contributed by atoms with Crippen LogP contribution < -0.4 is 4.90 Å². The molecule has 0 saturated carbocycles. The van der Waals surface area contributed by atoms with E-state index < -0.39 is 21.1 Å². The molecule has 2 rings (SSSR count). The Morgan fingerprint density at radius 3 is 1.17 bits per heavy atom. The lowest BCUT2D eigenvalue weighted by atomic mass is 10.1. The van der Waals surface area contributed by atoms with Gasteiger partial charge in [-0.15, -0.1) is 11.1 Å². The molecule has 0 aliphatic rings. The Bertz CT molecular complexity index is 1600. The van der Waals surface area contributed by atoms with E-state index in [4.69, 9.17) is 0 Å². The Morgan fingerprint density at radius 2 is 0.875 bits per heavy atom. The first-order chi connectivity index (χ1) is 22.4. The van der Waals surface area contributed by atoms with E-state index in [9.17, 15) is 10.1 Å². The van der Waals surface area contributed by atoms with E-state index in [0.29, 0.717) is 50.0 Å². The van der Waals surface area contributed by atoms with Crippen LogP contribution in [-0.4, -0.2) is 35.2 Å². The number of hydrogen-bond acceptors (Lipinski definition) is 3. The first-order valence-electron chi connectivity index (χ1n) is 17.3. The average Bonchev–Trinajstić information content (AvgIpc) is 3.00. The SMILES string of the molecule is CC(C)[Si](C#CC(C#C[Si](C(C)C)(C(C)C)C(C)C)=C(C#Cc1ccc(N(C)C)cc1)C#Cc1ccc([N+](=O)[O-])cc1)(C(C)C)C(C)C. The van der Waals surface area contributed by atoms with Gasteiger partial charge in [-0.25, -0.2) is 0 Å². The summed E-state index contributed by atoms with van der Waals surface area (Å²) in [5, 5.41) is 11.3. The fourth-order valence-electron chi connectivity index (χ4n) is 7.30. The van der Waals surface area contributed by atoms with Crippen molar-refractivity contribution in [1.29, 1.82) is 0 Å². The molecule has 0 amide bonds. The quantitative estimate of drug-likeness (QED) is 0.121. The predicted molar refractivity (Wildman–Crippen MR) is 212 cm³/mol. The third-order valence-electron chi connectivity index (χ3n) is 9.92. The monoisotopic (exact) mass is 676 g/mol. The van der Waals surface area contributed by atoms with Gasteiger partial charge in [0.05, 0.1) is 16.1 Å².